The van der Waals surface area contributed by atoms with Gasteiger partial charge >= 0.3 is 11.9 Å². The molecule has 1 rings (SSSR count). The molecule has 1 fully saturated rings. The molecule has 0 aliphatic carbocycles. The van der Waals surface area contributed by atoms with E-state index in [9.17, 15) is 14.7 Å². The van der Waals surface area contributed by atoms with Crippen molar-refractivity contribution in [2.45, 2.75) is 187 Å². The molecule has 50 heavy (non-hydrogen) atoms. The van der Waals surface area contributed by atoms with Crippen LogP contribution in [0.3, 0.4) is 0 Å². The van der Waals surface area contributed by atoms with Crippen LogP contribution in [0.25, 0.3) is 0 Å². The summed E-state index contributed by atoms with van der Waals surface area (Å²) in [5.41, 5.74) is 0. The van der Waals surface area contributed by atoms with Crippen LogP contribution in [0, 0.1) is 5.92 Å². The van der Waals surface area contributed by atoms with E-state index in [0.717, 1.165) is 63.7 Å². The first kappa shape index (κ1) is 45.6. The number of hydrogen-bond acceptors (Lipinski definition) is 6. The summed E-state index contributed by atoms with van der Waals surface area (Å²) in [6.45, 7) is 6.30. The highest BCUT2D eigenvalue weighted by atomic mass is 16.6. The highest BCUT2D eigenvalue weighted by Crippen LogP contribution is 2.29. The van der Waals surface area contributed by atoms with Gasteiger partial charge in [0, 0.05) is 12.8 Å². The van der Waals surface area contributed by atoms with Crippen molar-refractivity contribution in [3.8, 4) is 0 Å². The molecule has 1 N–H and O–H groups in total. The highest BCUT2D eigenvalue weighted by Gasteiger charge is 2.35. The molecule has 1 saturated heterocycles. The quantitative estimate of drug-likeness (QED) is 0.0312. The molecule has 0 spiro atoms. The molecule has 6 heteroatoms. The van der Waals surface area contributed by atoms with Gasteiger partial charge in [-0.2, -0.15) is 0 Å². The summed E-state index contributed by atoms with van der Waals surface area (Å²) in [6.07, 6.45) is 46.2. The molecule has 0 aromatic rings. The molecule has 0 amide bonds. The lowest BCUT2D eigenvalue weighted by Crippen LogP contribution is -2.28. The highest BCUT2D eigenvalue weighted by molar-refractivity contribution is 5.70. The van der Waals surface area contributed by atoms with Crippen molar-refractivity contribution in [1.29, 1.82) is 0 Å². The molecule has 6 nitrogen and oxygen atoms in total. The SMILES string of the molecule is CC/C=C\CC1OC1C/C=C\C/C=C\C/C=C\C/C=C\CCC(=O)OC[C@H](CO)OC(=O)CCCCCCCCCCCCCCCC(C)C. The zero-order chi connectivity index (χ0) is 36.3. The van der Waals surface area contributed by atoms with Gasteiger partial charge in [-0.25, -0.2) is 0 Å². The first-order valence-electron chi connectivity index (χ1n) is 20.3. The van der Waals surface area contributed by atoms with Gasteiger partial charge in [-0.1, -0.05) is 165 Å². The van der Waals surface area contributed by atoms with Gasteiger partial charge in [0.25, 0.3) is 0 Å². The number of carbonyl (C=O) groups excluding carboxylic acids is 2. The van der Waals surface area contributed by atoms with Crippen LogP contribution in [0.15, 0.2) is 60.8 Å². The number of epoxide rings is 1. The molecule has 0 radical (unpaired) electrons. The summed E-state index contributed by atoms with van der Waals surface area (Å²) < 4.78 is 16.2. The van der Waals surface area contributed by atoms with E-state index < -0.39 is 6.10 Å². The maximum atomic E-state index is 12.2. The standard InChI is InChI=1S/C44H74O6/c1-4-5-27-33-41-42(50-41)34-29-24-20-16-12-9-10-13-17-21-25-30-35-43(46)48-38-40(37-45)49-44(47)36-31-26-22-18-14-8-6-7-11-15-19-23-28-32-39(2)3/h5,10,12-13,16,21,24-25,27,29,39-42,45H,4,6-9,11,14-15,17-20,22-23,26,28,30-38H2,1-3H3/b13-10-,16-12-,25-21-,27-5-,29-24-/t40-,41?,42?/m0/s1. The van der Waals surface area contributed by atoms with Gasteiger partial charge in [-0.3, -0.25) is 9.59 Å². The van der Waals surface area contributed by atoms with Crippen molar-refractivity contribution in [3.63, 3.8) is 0 Å². The molecule has 3 atom stereocenters. The van der Waals surface area contributed by atoms with Crippen molar-refractivity contribution in [1.82, 2.24) is 0 Å². The van der Waals surface area contributed by atoms with E-state index in [1.807, 2.05) is 12.2 Å². The van der Waals surface area contributed by atoms with Gasteiger partial charge in [0.2, 0.25) is 0 Å². The Morgan fingerprint density at radius 1 is 0.620 bits per heavy atom. The van der Waals surface area contributed by atoms with Crippen LogP contribution in [-0.2, 0) is 23.8 Å². The zero-order valence-corrected chi connectivity index (χ0v) is 32.2. The number of hydrogen-bond donors (Lipinski definition) is 1. The molecule has 0 bridgehead atoms. The number of allylic oxidation sites excluding steroid dienone is 8. The van der Waals surface area contributed by atoms with Crippen LogP contribution in [0.4, 0.5) is 0 Å². The topological polar surface area (TPSA) is 85.4 Å². The fourth-order valence-electron chi connectivity index (χ4n) is 5.75. The fourth-order valence-corrected chi connectivity index (χ4v) is 5.75. The number of unbranched alkanes of at least 4 members (excludes halogenated alkanes) is 12. The fraction of sp³-hybridized carbons (Fsp3) is 0.727. The average Bonchev–Trinajstić information content (AvgIpc) is 3.86. The molecule has 1 aliphatic heterocycles. The number of esters is 2. The molecule has 0 saturated carbocycles. The normalized spacial score (nSPS) is 17.0. The van der Waals surface area contributed by atoms with Crippen LogP contribution >= 0.6 is 0 Å². The molecule has 286 valence electrons. The second-order valence-corrected chi connectivity index (χ2v) is 14.2. The minimum Gasteiger partial charge on any atom is -0.462 e. The van der Waals surface area contributed by atoms with Gasteiger partial charge < -0.3 is 19.3 Å². The summed E-state index contributed by atoms with van der Waals surface area (Å²) in [6, 6.07) is 0. The average molecular weight is 699 g/mol. The van der Waals surface area contributed by atoms with Crippen molar-refractivity contribution in [2.24, 2.45) is 5.92 Å². The molecule has 2 unspecified atom stereocenters. The third-order valence-electron chi connectivity index (χ3n) is 8.92. The number of aliphatic hydroxyl groups is 1. The molecule has 0 aromatic carbocycles. The van der Waals surface area contributed by atoms with Gasteiger partial charge in [-0.15, -0.1) is 0 Å². The predicted molar refractivity (Wildman–Crippen MR) is 209 cm³/mol. The largest absolute Gasteiger partial charge is 0.462 e. The Bertz CT molecular complexity index is 962. The maximum Gasteiger partial charge on any atom is 0.306 e. The van der Waals surface area contributed by atoms with Gasteiger partial charge in [0.05, 0.1) is 18.8 Å². The van der Waals surface area contributed by atoms with E-state index in [4.69, 9.17) is 14.2 Å². The number of ether oxygens (including phenoxy) is 3. The van der Waals surface area contributed by atoms with E-state index in [0.29, 0.717) is 25.0 Å². The van der Waals surface area contributed by atoms with Gasteiger partial charge in [0.15, 0.2) is 6.10 Å². The molecule has 1 aliphatic rings. The molecule has 1 heterocycles. The van der Waals surface area contributed by atoms with Crippen LogP contribution in [0.5, 0.6) is 0 Å². The van der Waals surface area contributed by atoms with Crippen LogP contribution in [0.2, 0.25) is 0 Å². The first-order valence-corrected chi connectivity index (χ1v) is 20.3. The van der Waals surface area contributed by atoms with E-state index in [1.54, 1.807) is 0 Å². The van der Waals surface area contributed by atoms with E-state index in [2.05, 4.69) is 69.4 Å². The second-order valence-electron chi connectivity index (χ2n) is 14.2. The Morgan fingerprint density at radius 3 is 1.62 bits per heavy atom. The smallest absolute Gasteiger partial charge is 0.306 e. The summed E-state index contributed by atoms with van der Waals surface area (Å²) in [7, 11) is 0. The molecular weight excluding hydrogens is 624 g/mol. The molecule has 0 aromatic heterocycles. The second kappa shape index (κ2) is 33.7. The minimum atomic E-state index is -0.805. The zero-order valence-electron chi connectivity index (χ0n) is 32.2. The minimum absolute atomic E-state index is 0.110. The monoisotopic (exact) mass is 699 g/mol. The lowest BCUT2D eigenvalue weighted by atomic mass is 10.0. The van der Waals surface area contributed by atoms with E-state index in [-0.39, 0.29) is 31.6 Å². The lowest BCUT2D eigenvalue weighted by Gasteiger charge is -2.15. The summed E-state index contributed by atoms with van der Waals surface area (Å²) in [4.78, 5) is 24.3. The Hall–Kier alpha value is -2.44. The molecular formula is C44H74O6. The number of aliphatic hydroxyl groups excluding tert-OH is 1. The first-order chi connectivity index (χ1) is 24.5. The third kappa shape index (κ3) is 30.4. The summed E-state index contributed by atoms with van der Waals surface area (Å²) in [5.74, 6) is 0.146. The van der Waals surface area contributed by atoms with Gasteiger partial charge in [-0.05, 0) is 57.3 Å². The van der Waals surface area contributed by atoms with Crippen molar-refractivity contribution < 1.29 is 28.9 Å². The van der Waals surface area contributed by atoms with Crippen molar-refractivity contribution in [3.05, 3.63) is 60.8 Å². The Kier molecular flexibility index (Phi) is 30.7. The number of rotatable bonds is 34. The van der Waals surface area contributed by atoms with Crippen molar-refractivity contribution in [2.75, 3.05) is 13.2 Å². The lowest BCUT2D eigenvalue weighted by molar-refractivity contribution is -0.161. The Balaban J connectivity index is 1.93. The van der Waals surface area contributed by atoms with Crippen molar-refractivity contribution >= 4 is 11.9 Å². The summed E-state index contributed by atoms with van der Waals surface area (Å²) in [5, 5.41) is 9.56. The third-order valence-corrected chi connectivity index (χ3v) is 8.92. The maximum absolute atomic E-state index is 12.2. The summed E-state index contributed by atoms with van der Waals surface area (Å²) >= 11 is 0. The van der Waals surface area contributed by atoms with E-state index in [1.165, 1.54) is 70.6 Å². The predicted octanol–water partition coefficient (Wildman–Crippen LogP) is 11.6. The van der Waals surface area contributed by atoms with Gasteiger partial charge in [0.1, 0.15) is 6.61 Å². The van der Waals surface area contributed by atoms with Crippen LogP contribution < -0.4 is 0 Å². The van der Waals surface area contributed by atoms with Crippen LogP contribution in [-0.4, -0.2) is 48.6 Å². The van der Waals surface area contributed by atoms with E-state index >= 15 is 0 Å². The van der Waals surface area contributed by atoms with Crippen LogP contribution in [0.1, 0.15) is 168 Å². The Labute approximate surface area is 306 Å². The Morgan fingerprint density at radius 2 is 1.10 bits per heavy atom. The number of carbonyl (C=O) groups is 2.